The molecular weight excluding hydrogens is 228 g/mol. The first kappa shape index (κ1) is 15.3. The van der Waals surface area contributed by atoms with Crippen molar-refractivity contribution in [1.29, 1.82) is 0 Å². The summed E-state index contributed by atoms with van der Waals surface area (Å²) in [6.07, 6.45) is 2.22. The molecule has 1 spiro atoms. The fourth-order valence-electron chi connectivity index (χ4n) is 2.49. The van der Waals surface area contributed by atoms with Crippen LogP contribution in [0.25, 0.3) is 0 Å². The second kappa shape index (κ2) is 5.91. The van der Waals surface area contributed by atoms with E-state index >= 15 is 0 Å². The van der Waals surface area contributed by atoms with Gasteiger partial charge >= 0.3 is 6.09 Å². The van der Waals surface area contributed by atoms with Gasteiger partial charge in [-0.25, -0.2) is 4.79 Å². The maximum Gasteiger partial charge on any atom is 0.410 e. The summed E-state index contributed by atoms with van der Waals surface area (Å²) in [6.45, 7) is 13.7. The first-order chi connectivity index (χ1) is 8.40. The summed E-state index contributed by atoms with van der Waals surface area (Å²) in [5.41, 5.74) is 0.0100. The van der Waals surface area contributed by atoms with E-state index < -0.39 is 0 Å². The van der Waals surface area contributed by atoms with E-state index in [-0.39, 0.29) is 11.7 Å². The smallest absolute Gasteiger partial charge is 0.410 e. The van der Waals surface area contributed by atoms with E-state index in [1.54, 1.807) is 0 Å². The highest BCUT2D eigenvalue weighted by Gasteiger charge is 2.46. The summed E-state index contributed by atoms with van der Waals surface area (Å²) in [6, 6.07) is 0. The molecule has 0 aromatic carbocycles. The van der Waals surface area contributed by atoms with Gasteiger partial charge in [-0.2, -0.15) is 0 Å². The minimum absolute atomic E-state index is 0.156. The van der Waals surface area contributed by atoms with Crippen molar-refractivity contribution in [2.75, 3.05) is 26.2 Å². The Morgan fingerprint density at radius 1 is 1.17 bits per heavy atom. The summed E-state index contributed by atoms with van der Waals surface area (Å²) in [5, 5.41) is 3.36. The molecule has 0 aromatic heterocycles. The number of amides is 1. The number of rotatable bonds is 0. The van der Waals surface area contributed by atoms with Gasteiger partial charge in [-0.1, -0.05) is 13.8 Å². The Morgan fingerprint density at radius 3 is 2.11 bits per heavy atom. The zero-order chi connectivity index (χ0) is 13.8. The molecule has 2 heterocycles. The van der Waals surface area contributed by atoms with Crippen LogP contribution in [-0.2, 0) is 4.74 Å². The lowest BCUT2D eigenvalue weighted by Gasteiger charge is -2.52. The Hall–Kier alpha value is -0.770. The molecule has 0 saturated carbocycles. The molecule has 2 fully saturated rings. The second-order valence-corrected chi connectivity index (χ2v) is 6.09. The van der Waals surface area contributed by atoms with Crippen LogP contribution in [0.3, 0.4) is 0 Å². The van der Waals surface area contributed by atoms with Crippen molar-refractivity contribution in [2.45, 2.75) is 53.1 Å². The fraction of sp³-hybridized carbons (Fsp3) is 0.929. The third-order valence-electron chi connectivity index (χ3n) is 3.37. The van der Waals surface area contributed by atoms with Crippen LogP contribution < -0.4 is 5.32 Å². The van der Waals surface area contributed by atoms with Gasteiger partial charge in [0.1, 0.15) is 5.60 Å². The maximum atomic E-state index is 11.8. The minimum Gasteiger partial charge on any atom is -0.444 e. The lowest BCUT2D eigenvalue weighted by atomic mass is 9.73. The number of carbonyl (C=O) groups is 1. The summed E-state index contributed by atoms with van der Waals surface area (Å²) in [5.74, 6) is 0. The molecule has 0 aliphatic carbocycles. The van der Waals surface area contributed by atoms with Crippen molar-refractivity contribution >= 4 is 6.09 Å². The molecule has 2 rings (SSSR count). The van der Waals surface area contributed by atoms with E-state index in [2.05, 4.69) is 5.32 Å². The molecule has 106 valence electrons. The summed E-state index contributed by atoms with van der Waals surface area (Å²) >= 11 is 0. The van der Waals surface area contributed by atoms with Crippen molar-refractivity contribution in [1.82, 2.24) is 10.2 Å². The van der Waals surface area contributed by atoms with Gasteiger partial charge in [-0.3, -0.25) is 0 Å². The predicted octanol–water partition coefficient (Wildman–Crippen LogP) is 2.63. The monoisotopic (exact) mass is 256 g/mol. The largest absolute Gasteiger partial charge is 0.444 e. The quantitative estimate of drug-likeness (QED) is 0.724. The molecule has 18 heavy (non-hydrogen) atoms. The molecule has 2 saturated heterocycles. The van der Waals surface area contributed by atoms with Gasteiger partial charge in [0.2, 0.25) is 0 Å². The Labute approximate surface area is 111 Å². The zero-order valence-corrected chi connectivity index (χ0v) is 12.5. The predicted molar refractivity (Wildman–Crippen MR) is 73.7 cm³/mol. The average Bonchev–Trinajstić information content (AvgIpc) is 2.27. The minimum atomic E-state index is -0.381. The Balaban J connectivity index is 0.000000771. The van der Waals surface area contributed by atoms with Crippen LogP contribution in [0.1, 0.15) is 47.5 Å². The zero-order valence-electron chi connectivity index (χ0n) is 12.5. The SMILES string of the molecule is CC.CC(C)(C)OC(=O)N1CC2(CCNCC2)C1. The lowest BCUT2D eigenvalue weighted by Crippen LogP contribution is -2.62. The average molecular weight is 256 g/mol. The number of piperidine rings is 1. The van der Waals surface area contributed by atoms with E-state index in [0.29, 0.717) is 5.41 Å². The summed E-state index contributed by atoms with van der Waals surface area (Å²) < 4.78 is 5.35. The van der Waals surface area contributed by atoms with Crippen LogP contribution in [0.2, 0.25) is 0 Å². The van der Waals surface area contributed by atoms with Gasteiger partial charge in [0, 0.05) is 18.5 Å². The van der Waals surface area contributed by atoms with E-state index in [1.807, 2.05) is 39.5 Å². The third kappa shape index (κ3) is 3.87. The van der Waals surface area contributed by atoms with Crippen molar-refractivity contribution in [2.24, 2.45) is 5.41 Å². The molecule has 2 aliphatic rings. The highest BCUT2D eigenvalue weighted by Crippen LogP contribution is 2.39. The highest BCUT2D eigenvalue weighted by molar-refractivity contribution is 5.69. The van der Waals surface area contributed by atoms with E-state index in [0.717, 1.165) is 26.2 Å². The molecule has 0 aromatic rings. The topological polar surface area (TPSA) is 41.6 Å². The van der Waals surface area contributed by atoms with Crippen molar-refractivity contribution in [3.05, 3.63) is 0 Å². The van der Waals surface area contributed by atoms with E-state index in [4.69, 9.17) is 4.74 Å². The van der Waals surface area contributed by atoms with Crippen LogP contribution in [-0.4, -0.2) is 42.8 Å². The number of likely N-dealkylation sites (tertiary alicyclic amines) is 1. The van der Waals surface area contributed by atoms with Crippen LogP contribution in [0.15, 0.2) is 0 Å². The second-order valence-electron chi connectivity index (χ2n) is 6.09. The number of ether oxygens (including phenoxy) is 1. The molecule has 0 unspecified atom stereocenters. The van der Waals surface area contributed by atoms with Crippen LogP contribution in [0, 0.1) is 5.41 Å². The first-order valence-corrected chi connectivity index (χ1v) is 7.09. The van der Waals surface area contributed by atoms with Crippen LogP contribution in [0.5, 0.6) is 0 Å². The van der Waals surface area contributed by atoms with E-state index in [1.165, 1.54) is 12.8 Å². The van der Waals surface area contributed by atoms with Gasteiger partial charge in [-0.05, 0) is 46.7 Å². The van der Waals surface area contributed by atoms with Crippen molar-refractivity contribution in [3.63, 3.8) is 0 Å². The summed E-state index contributed by atoms with van der Waals surface area (Å²) in [4.78, 5) is 13.6. The normalized spacial score (nSPS) is 21.7. The number of nitrogens with zero attached hydrogens (tertiary/aromatic N) is 1. The third-order valence-corrected chi connectivity index (χ3v) is 3.37. The standard InChI is InChI=1S/C12H22N2O2.C2H6/c1-11(2,3)16-10(15)14-8-12(9-14)4-6-13-7-5-12;1-2/h13H,4-9H2,1-3H3;1-2H3. The molecule has 0 bridgehead atoms. The van der Waals surface area contributed by atoms with Gasteiger partial charge in [-0.15, -0.1) is 0 Å². The number of hydrogen-bond acceptors (Lipinski definition) is 3. The Kier molecular flexibility index (Phi) is 5.02. The van der Waals surface area contributed by atoms with Crippen LogP contribution in [0.4, 0.5) is 4.79 Å². The molecule has 0 radical (unpaired) electrons. The molecular formula is C14H28N2O2. The molecule has 2 aliphatic heterocycles. The maximum absolute atomic E-state index is 11.8. The van der Waals surface area contributed by atoms with Gasteiger partial charge in [0.05, 0.1) is 0 Å². The van der Waals surface area contributed by atoms with Gasteiger partial charge < -0.3 is 15.0 Å². The van der Waals surface area contributed by atoms with E-state index in [9.17, 15) is 4.79 Å². The van der Waals surface area contributed by atoms with Crippen LogP contribution >= 0.6 is 0 Å². The van der Waals surface area contributed by atoms with Gasteiger partial charge in [0.15, 0.2) is 0 Å². The highest BCUT2D eigenvalue weighted by atomic mass is 16.6. The fourth-order valence-corrected chi connectivity index (χ4v) is 2.49. The van der Waals surface area contributed by atoms with Crippen molar-refractivity contribution in [3.8, 4) is 0 Å². The molecule has 1 N–H and O–H groups in total. The molecule has 1 amide bonds. The Morgan fingerprint density at radius 2 is 1.67 bits per heavy atom. The number of nitrogens with one attached hydrogen (secondary N) is 1. The molecule has 4 heteroatoms. The number of carbonyl (C=O) groups excluding carboxylic acids is 1. The van der Waals surface area contributed by atoms with Gasteiger partial charge in [0.25, 0.3) is 0 Å². The summed E-state index contributed by atoms with van der Waals surface area (Å²) in [7, 11) is 0. The lowest BCUT2D eigenvalue weighted by molar-refractivity contribution is -0.0457. The van der Waals surface area contributed by atoms with Crippen molar-refractivity contribution < 1.29 is 9.53 Å². The number of hydrogen-bond donors (Lipinski definition) is 1. The Bertz CT molecular complexity index is 270. The molecule has 4 nitrogen and oxygen atoms in total. The first-order valence-electron chi connectivity index (χ1n) is 7.09. The molecule has 0 atom stereocenters.